The van der Waals surface area contributed by atoms with Crippen molar-refractivity contribution in [1.29, 1.82) is 0 Å². The molecular formula is C15H14BrNO2. The van der Waals surface area contributed by atoms with Crippen molar-refractivity contribution in [3.63, 3.8) is 0 Å². The number of carboxylic acids is 1. The molecule has 0 aromatic heterocycles. The summed E-state index contributed by atoms with van der Waals surface area (Å²) in [6.07, 6.45) is 0. The summed E-state index contributed by atoms with van der Waals surface area (Å²) in [6, 6.07) is 13.0. The van der Waals surface area contributed by atoms with Crippen LogP contribution in [0.15, 0.2) is 46.9 Å². The first kappa shape index (κ1) is 13.6. The number of hydrogen-bond donors (Lipinski definition) is 2. The standard InChI is InChI=1S/C15H14BrNO2/c1-10-2-7-13(8-14(10)16)17-9-11-3-5-12(6-4-11)15(18)19/h2-8,17H,9H2,1H3,(H,18,19). The molecule has 2 aromatic rings. The molecule has 0 amide bonds. The summed E-state index contributed by atoms with van der Waals surface area (Å²) >= 11 is 3.49. The Morgan fingerprint density at radius 2 is 1.89 bits per heavy atom. The number of halogens is 1. The molecule has 0 fully saturated rings. The van der Waals surface area contributed by atoms with E-state index in [0.29, 0.717) is 12.1 Å². The van der Waals surface area contributed by atoms with Crippen LogP contribution in [0.1, 0.15) is 21.5 Å². The van der Waals surface area contributed by atoms with E-state index in [1.807, 2.05) is 37.3 Å². The molecule has 0 aliphatic rings. The second-order valence-electron chi connectivity index (χ2n) is 4.32. The lowest BCUT2D eigenvalue weighted by Gasteiger charge is -2.08. The Morgan fingerprint density at radius 3 is 2.47 bits per heavy atom. The minimum Gasteiger partial charge on any atom is -0.478 e. The van der Waals surface area contributed by atoms with Crippen molar-refractivity contribution < 1.29 is 9.90 Å². The lowest BCUT2D eigenvalue weighted by atomic mass is 10.1. The first-order chi connectivity index (χ1) is 9.06. The summed E-state index contributed by atoms with van der Waals surface area (Å²) in [4.78, 5) is 10.7. The van der Waals surface area contributed by atoms with Crippen LogP contribution in [0, 0.1) is 6.92 Å². The quantitative estimate of drug-likeness (QED) is 0.893. The fourth-order valence-electron chi connectivity index (χ4n) is 1.67. The lowest BCUT2D eigenvalue weighted by Crippen LogP contribution is -2.01. The van der Waals surface area contributed by atoms with Gasteiger partial charge in [-0.2, -0.15) is 0 Å². The highest BCUT2D eigenvalue weighted by atomic mass is 79.9. The zero-order valence-electron chi connectivity index (χ0n) is 10.5. The van der Waals surface area contributed by atoms with Gasteiger partial charge in [-0.1, -0.05) is 34.1 Å². The number of carboxylic acid groups (broad SMARTS) is 1. The highest BCUT2D eigenvalue weighted by Crippen LogP contribution is 2.21. The fourth-order valence-corrected chi connectivity index (χ4v) is 2.05. The predicted molar refractivity (Wildman–Crippen MR) is 79.6 cm³/mol. The van der Waals surface area contributed by atoms with Gasteiger partial charge in [-0.3, -0.25) is 0 Å². The van der Waals surface area contributed by atoms with Gasteiger partial charge in [0.25, 0.3) is 0 Å². The zero-order valence-corrected chi connectivity index (χ0v) is 12.1. The van der Waals surface area contributed by atoms with E-state index in [9.17, 15) is 4.79 Å². The third-order valence-electron chi connectivity index (χ3n) is 2.87. The van der Waals surface area contributed by atoms with Crippen LogP contribution in [0.4, 0.5) is 5.69 Å². The highest BCUT2D eigenvalue weighted by Gasteiger charge is 2.02. The minimum atomic E-state index is -0.901. The molecule has 0 saturated carbocycles. The van der Waals surface area contributed by atoms with Crippen molar-refractivity contribution >= 4 is 27.6 Å². The largest absolute Gasteiger partial charge is 0.478 e. The second kappa shape index (κ2) is 5.89. The molecule has 0 atom stereocenters. The van der Waals surface area contributed by atoms with Gasteiger partial charge in [-0.15, -0.1) is 0 Å². The lowest BCUT2D eigenvalue weighted by molar-refractivity contribution is 0.0697. The van der Waals surface area contributed by atoms with Gasteiger partial charge in [-0.05, 0) is 42.3 Å². The maximum Gasteiger partial charge on any atom is 0.335 e. The van der Waals surface area contributed by atoms with Crippen molar-refractivity contribution in [2.24, 2.45) is 0 Å². The van der Waals surface area contributed by atoms with Crippen molar-refractivity contribution in [1.82, 2.24) is 0 Å². The molecule has 2 aromatic carbocycles. The van der Waals surface area contributed by atoms with Gasteiger partial charge in [0.15, 0.2) is 0 Å². The fraction of sp³-hybridized carbons (Fsp3) is 0.133. The topological polar surface area (TPSA) is 49.3 Å². The van der Waals surface area contributed by atoms with Crippen molar-refractivity contribution in [3.05, 3.63) is 63.6 Å². The monoisotopic (exact) mass is 319 g/mol. The molecule has 0 radical (unpaired) electrons. The van der Waals surface area contributed by atoms with Crippen LogP contribution in [0.5, 0.6) is 0 Å². The average molecular weight is 320 g/mol. The summed E-state index contributed by atoms with van der Waals surface area (Å²) in [7, 11) is 0. The van der Waals surface area contributed by atoms with E-state index in [1.165, 1.54) is 5.56 Å². The molecule has 4 heteroatoms. The molecule has 3 nitrogen and oxygen atoms in total. The molecule has 0 heterocycles. The van der Waals surface area contributed by atoms with E-state index in [-0.39, 0.29) is 0 Å². The van der Waals surface area contributed by atoms with E-state index < -0.39 is 5.97 Å². The van der Waals surface area contributed by atoms with Crippen LogP contribution in [-0.4, -0.2) is 11.1 Å². The minimum absolute atomic E-state index is 0.307. The average Bonchev–Trinajstić information content (AvgIpc) is 2.40. The number of benzene rings is 2. The number of hydrogen-bond acceptors (Lipinski definition) is 2. The molecule has 98 valence electrons. The molecule has 2 N–H and O–H groups in total. The van der Waals surface area contributed by atoms with Crippen LogP contribution in [0.25, 0.3) is 0 Å². The number of aryl methyl sites for hydroxylation is 1. The van der Waals surface area contributed by atoms with Crippen LogP contribution in [-0.2, 0) is 6.54 Å². The Morgan fingerprint density at radius 1 is 1.21 bits per heavy atom. The van der Waals surface area contributed by atoms with Gasteiger partial charge in [0.1, 0.15) is 0 Å². The molecule has 2 rings (SSSR count). The third kappa shape index (κ3) is 3.58. The molecular weight excluding hydrogens is 306 g/mol. The van der Waals surface area contributed by atoms with Crippen LogP contribution in [0.3, 0.4) is 0 Å². The summed E-state index contributed by atoms with van der Waals surface area (Å²) in [6.45, 7) is 2.70. The van der Waals surface area contributed by atoms with E-state index in [4.69, 9.17) is 5.11 Å². The number of aromatic carboxylic acids is 1. The highest BCUT2D eigenvalue weighted by molar-refractivity contribution is 9.10. The summed E-state index contributed by atoms with van der Waals surface area (Å²) in [5.41, 5.74) is 3.57. The van der Waals surface area contributed by atoms with Gasteiger partial charge >= 0.3 is 5.97 Å². The second-order valence-corrected chi connectivity index (χ2v) is 5.17. The van der Waals surface area contributed by atoms with Crippen molar-refractivity contribution in [3.8, 4) is 0 Å². The first-order valence-corrected chi connectivity index (χ1v) is 6.68. The Bertz CT molecular complexity index is 594. The van der Waals surface area contributed by atoms with Crippen molar-refractivity contribution in [2.45, 2.75) is 13.5 Å². The smallest absolute Gasteiger partial charge is 0.335 e. The van der Waals surface area contributed by atoms with Gasteiger partial charge < -0.3 is 10.4 Å². The Kier molecular flexibility index (Phi) is 4.22. The van der Waals surface area contributed by atoms with Gasteiger partial charge in [-0.25, -0.2) is 4.79 Å². The van der Waals surface area contributed by atoms with Crippen molar-refractivity contribution in [2.75, 3.05) is 5.32 Å². The third-order valence-corrected chi connectivity index (χ3v) is 3.72. The maximum atomic E-state index is 10.7. The molecule has 19 heavy (non-hydrogen) atoms. The summed E-state index contributed by atoms with van der Waals surface area (Å²) in [5.74, 6) is -0.901. The molecule has 0 bridgehead atoms. The van der Waals surface area contributed by atoms with Gasteiger partial charge in [0, 0.05) is 16.7 Å². The Hall–Kier alpha value is -1.81. The van der Waals surface area contributed by atoms with E-state index >= 15 is 0 Å². The summed E-state index contributed by atoms with van der Waals surface area (Å²) < 4.78 is 1.07. The predicted octanol–water partition coefficient (Wildman–Crippen LogP) is 4.07. The maximum absolute atomic E-state index is 10.7. The number of carbonyl (C=O) groups is 1. The number of anilines is 1. The van der Waals surface area contributed by atoms with Crippen LogP contribution < -0.4 is 5.32 Å². The zero-order chi connectivity index (χ0) is 13.8. The van der Waals surface area contributed by atoms with E-state index in [0.717, 1.165) is 15.7 Å². The molecule has 0 aliphatic heterocycles. The number of nitrogens with one attached hydrogen (secondary N) is 1. The van der Waals surface area contributed by atoms with E-state index in [1.54, 1.807) is 12.1 Å². The van der Waals surface area contributed by atoms with Gasteiger partial charge in [0.2, 0.25) is 0 Å². The SMILES string of the molecule is Cc1ccc(NCc2ccc(C(=O)O)cc2)cc1Br. The Balaban J connectivity index is 2.01. The van der Waals surface area contributed by atoms with E-state index in [2.05, 4.69) is 21.2 Å². The summed E-state index contributed by atoms with van der Waals surface area (Å²) in [5, 5.41) is 12.1. The molecule has 0 unspecified atom stereocenters. The van der Waals surface area contributed by atoms with Crippen LogP contribution in [0.2, 0.25) is 0 Å². The van der Waals surface area contributed by atoms with Crippen LogP contribution >= 0.6 is 15.9 Å². The molecule has 0 saturated heterocycles. The number of rotatable bonds is 4. The first-order valence-electron chi connectivity index (χ1n) is 5.88. The molecule has 0 spiro atoms. The Labute approximate surface area is 120 Å². The molecule has 0 aliphatic carbocycles. The normalized spacial score (nSPS) is 10.2. The van der Waals surface area contributed by atoms with Gasteiger partial charge in [0.05, 0.1) is 5.56 Å².